The van der Waals surface area contributed by atoms with Crippen LogP contribution in [0.5, 0.6) is 5.75 Å². The zero-order valence-corrected chi connectivity index (χ0v) is 10.8. The maximum atomic E-state index is 11.6. The lowest BCUT2D eigenvalue weighted by Crippen LogP contribution is -2.32. The molecule has 0 aliphatic carbocycles. The van der Waals surface area contributed by atoms with Gasteiger partial charge in [0.25, 0.3) is 0 Å². The van der Waals surface area contributed by atoms with E-state index >= 15 is 0 Å². The Morgan fingerprint density at radius 2 is 2.12 bits per heavy atom. The lowest BCUT2D eigenvalue weighted by atomic mass is 10.1. The van der Waals surface area contributed by atoms with E-state index in [-0.39, 0.29) is 11.9 Å². The van der Waals surface area contributed by atoms with Gasteiger partial charge in [-0.25, -0.2) is 0 Å². The number of methoxy groups -OCH3 is 1. The second-order valence-corrected chi connectivity index (χ2v) is 4.19. The highest BCUT2D eigenvalue weighted by Gasteiger charge is 2.07. The number of hydrogen-bond donors (Lipinski definition) is 1. The molecule has 0 fully saturated rings. The van der Waals surface area contributed by atoms with Crippen LogP contribution in [-0.2, 0) is 11.2 Å². The number of rotatable bonds is 6. The summed E-state index contributed by atoms with van der Waals surface area (Å²) >= 11 is 0. The molecular formula is C14H21NO2. The predicted molar refractivity (Wildman–Crippen MR) is 69.2 cm³/mol. The van der Waals surface area contributed by atoms with Crippen LogP contribution >= 0.6 is 0 Å². The first-order chi connectivity index (χ1) is 8.17. The molecule has 1 N–H and O–H groups in total. The van der Waals surface area contributed by atoms with E-state index < -0.39 is 0 Å². The molecule has 1 amide bonds. The third-order valence-electron chi connectivity index (χ3n) is 2.83. The van der Waals surface area contributed by atoms with E-state index in [1.54, 1.807) is 7.11 Å². The summed E-state index contributed by atoms with van der Waals surface area (Å²) in [7, 11) is 1.65. The molecule has 0 heterocycles. The van der Waals surface area contributed by atoms with E-state index in [2.05, 4.69) is 12.2 Å². The van der Waals surface area contributed by atoms with Crippen molar-refractivity contribution in [3.05, 3.63) is 29.8 Å². The largest absolute Gasteiger partial charge is 0.496 e. The zero-order chi connectivity index (χ0) is 12.7. The normalized spacial score (nSPS) is 11.9. The van der Waals surface area contributed by atoms with Crippen LogP contribution in [0.15, 0.2) is 24.3 Å². The van der Waals surface area contributed by atoms with E-state index in [1.807, 2.05) is 31.2 Å². The van der Waals surface area contributed by atoms with Gasteiger partial charge < -0.3 is 10.1 Å². The highest BCUT2D eigenvalue weighted by atomic mass is 16.5. The van der Waals surface area contributed by atoms with Crippen molar-refractivity contribution >= 4 is 5.91 Å². The summed E-state index contributed by atoms with van der Waals surface area (Å²) in [4.78, 5) is 11.6. The molecule has 0 bridgehead atoms. The fourth-order valence-corrected chi connectivity index (χ4v) is 1.61. The second-order valence-electron chi connectivity index (χ2n) is 4.19. The van der Waals surface area contributed by atoms with Gasteiger partial charge in [-0.2, -0.15) is 0 Å². The maximum Gasteiger partial charge on any atom is 0.220 e. The molecule has 0 aliphatic rings. The van der Waals surface area contributed by atoms with Gasteiger partial charge in [0, 0.05) is 12.5 Å². The molecule has 0 spiro atoms. The molecule has 1 atom stereocenters. The minimum absolute atomic E-state index is 0.102. The third-order valence-corrected chi connectivity index (χ3v) is 2.83. The quantitative estimate of drug-likeness (QED) is 0.823. The van der Waals surface area contributed by atoms with Crippen LogP contribution in [0.2, 0.25) is 0 Å². The van der Waals surface area contributed by atoms with E-state index in [1.165, 1.54) is 0 Å². The summed E-state index contributed by atoms with van der Waals surface area (Å²) in [6.07, 6.45) is 2.18. The number of nitrogens with one attached hydrogen (secondary N) is 1. The predicted octanol–water partition coefficient (Wildman–Crippen LogP) is 2.54. The average molecular weight is 235 g/mol. The molecule has 94 valence electrons. The molecule has 0 aromatic heterocycles. The molecule has 1 rings (SSSR count). The van der Waals surface area contributed by atoms with Crippen LogP contribution in [-0.4, -0.2) is 19.1 Å². The van der Waals surface area contributed by atoms with Gasteiger partial charge in [0.2, 0.25) is 5.91 Å². The van der Waals surface area contributed by atoms with E-state index in [0.29, 0.717) is 12.8 Å². The number of hydrogen-bond acceptors (Lipinski definition) is 2. The zero-order valence-electron chi connectivity index (χ0n) is 10.8. The Morgan fingerprint density at radius 1 is 1.41 bits per heavy atom. The van der Waals surface area contributed by atoms with Crippen molar-refractivity contribution in [1.29, 1.82) is 0 Å². The summed E-state index contributed by atoms with van der Waals surface area (Å²) < 4.78 is 5.25. The summed E-state index contributed by atoms with van der Waals surface area (Å²) in [5.74, 6) is 0.953. The Kier molecular flexibility index (Phi) is 5.53. The van der Waals surface area contributed by atoms with Gasteiger partial charge >= 0.3 is 0 Å². The standard InChI is InChI=1S/C14H21NO2/c1-4-11(2)15-14(16)10-9-12-7-5-6-8-13(12)17-3/h5-8,11H,4,9-10H2,1-3H3,(H,15,16). The molecule has 3 nitrogen and oxygen atoms in total. The van der Waals surface area contributed by atoms with Crippen LogP contribution in [0.1, 0.15) is 32.3 Å². The lowest BCUT2D eigenvalue weighted by Gasteiger charge is -2.12. The van der Waals surface area contributed by atoms with E-state index in [9.17, 15) is 4.79 Å². The first-order valence-electron chi connectivity index (χ1n) is 6.08. The van der Waals surface area contributed by atoms with Gasteiger partial charge in [-0.1, -0.05) is 25.1 Å². The summed E-state index contributed by atoms with van der Waals surface area (Å²) in [5.41, 5.74) is 1.08. The molecule has 3 heteroatoms. The van der Waals surface area contributed by atoms with Crippen LogP contribution in [0.25, 0.3) is 0 Å². The first kappa shape index (κ1) is 13.6. The molecule has 1 aromatic rings. The van der Waals surface area contributed by atoms with Gasteiger partial charge in [-0.15, -0.1) is 0 Å². The fourth-order valence-electron chi connectivity index (χ4n) is 1.61. The van der Waals surface area contributed by atoms with Crippen molar-refractivity contribution in [1.82, 2.24) is 5.32 Å². The number of aryl methyl sites for hydroxylation is 1. The van der Waals surface area contributed by atoms with Gasteiger partial charge in [0.15, 0.2) is 0 Å². The molecule has 0 saturated carbocycles. The molecular weight excluding hydrogens is 214 g/mol. The van der Waals surface area contributed by atoms with Crippen molar-refractivity contribution in [3.63, 3.8) is 0 Å². The number of ether oxygens (including phenoxy) is 1. The first-order valence-corrected chi connectivity index (χ1v) is 6.08. The fraction of sp³-hybridized carbons (Fsp3) is 0.500. The second kappa shape index (κ2) is 6.94. The molecule has 0 radical (unpaired) electrons. The van der Waals surface area contributed by atoms with Crippen molar-refractivity contribution in [2.45, 2.75) is 39.2 Å². The number of amides is 1. The molecule has 1 unspecified atom stereocenters. The van der Waals surface area contributed by atoms with Crippen molar-refractivity contribution < 1.29 is 9.53 Å². The molecule has 17 heavy (non-hydrogen) atoms. The molecule has 1 aromatic carbocycles. The van der Waals surface area contributed by atoms with E-state index in [4.69, 9.17) is 4.74 Å². The maximum absolute atomic E-state index is 11.6. The summed E-state index contributed by atoms with van der Waals surface area (Å²) in [6.45, 7) is 4.08. The Labute approximate surface area is 103 Å². The molecule has 0 aliphatic heterocycles. The van der Waals surface area contributed by atoms with Crippen molar-refractivity contribution in [2.75, 3.05) is 7.11 Å². The van der Waals surface area contributed by atoms with Gasteiger partial charge in [-0.3, -0.25) is 4.79 Å². The van der Waals surface area contributed by atoms with Crippen LogP contribution in [0, 0.1) is 0 Å². The topological polar surface area (TPSA) is 38.3 Å². The highest BCUT2D eigenvalue weighted by Crippen LogP contribution is 2.18. The SMILES string of the molecule is CCC(C)NC(=O)CCc1ccccc1OC. The smallest absolute Gasteiger partial charge is 0.220 e. The van der Waals surface area contributed by atoms with E-state index in [0.717, 1.165) is 17.7 Å². The number of carbonyl (C=O) groups excluding carboxylic acids is 1. The summed E-state index contributed by atoms with van der Waals surface area (Å²) in [6, 6.07) is 8.06. The molecule has 0 saturated heterocycles. The monoisotopic (exact) mass is 235 g/mol. The Balaban J connectivity index is 2.47. The Morgan fingerprint density at radius 3 is 2.76 bits per heavy atom. The number of benzene rings is 1. The third kappa shape index (κ3) is 4.47. The van der Waals surface area contributed by atoms with Crippen molar-refractivity contribution in [3.8, 4) is 5.75 Å². The average Bonchev–Trinajstić information content (AvgIpc) is 2.36. The summed E-state index contributed by atoms with van der Waals surface area (Å²) in [5, 5.41) is 2.96. The highest BCUT2D eigenvalue weighted by molar-refractivity contribution is 5.76. The minimum Gasteiger partial charge on any atom is -0.496 e. The Hall–Kier alpha value is -1.51. The van der Waals surface area contributed by atoms with Crippen LogP contribution < -0.4 is 10.1 Å². The van der Waals surface area contributed by atoms with Crippen molar-refractivity contribution in [2.24, 2.45) is 0 Å². The number of para-hydroxylation sites is 1. The van der Waals surface area contributed by atoms with Gasteiger partial charge in [0.05, 0.1) is 7.11 Å². The van der Waals surface area contributed by atoms with Gasteiger partial charge in [0.1, 0.15) is 5.75 Å². The van der Waals surface area contributed by atoms with Crippen LogP contribution in [0.4, 0.5) is 0 Å². The lowest BCUT2D eigenvalue weighted by molar-refractivity contribution is -0.121. The minimum atomic E-state index is 0.102. The Bertz CT molecular complexity index is 363. The number of carbonyl (C=O) groups is 1. The van der Waals surface area contributed by atoms with Crippen LogP contribution in [0.3, 0.4) is 0 Å². The van der Waals surface area contributed by atoms with Gasteiger partial charge in [-0.05, 0) is 31.4 Å².